The van der Waals surface area contributed by atoms with Gasteiger partial charge in [0.15, 0.2) is 0 Å². The van der Waals surface area contributed by atoms with Gasteiger partial charge in [-0.2, -0.15) is 0 Å². The fourth-order valence-electron chi connectivity index (χ4n) is 4.83. The van der Waals surface area contributed by atoms with Gasteiger partial charge < -0.3 is 0 Å². The predicted octanol–water partition coefficient (Wildman–Crippen LogP) is 5.47. The molecule has 0 bridgehead atoms. The van der Waals surface area contributed by atoms with Crippen molar-refractivity contribution < 1.29 is 19.2 Å². The van der Waals surface area contributed by atoms with E-state index in [1.807, 2.05) is 60.6 Å². The van der Waals surface area contributed by atoms with Crippen molar-refractivity contribution in [3.63, 3.8) is 0 Å². The van der Waals surface area contributed by atoms with Crippen molar-refractivity contribution in [1.29, 1.82) is 0 Å². The molecule has 0 spiro atoms. The zero-order valence-electron chi connectivity index (χ0n) is 22.1. The van der Waals surface area contributed by atoms with Gasteiger partial charge >= 0.3 is 0 Å². The van der Waals surface area contributed by atoms with Gasteiger partial charge in [-0.1, -0.05) is 58.9 Å². The van der Waals surface area contributed by atoms with E-state index >= 15 is 0 Å². The molecule has 0 saturated carbocycles. The number of hydrogen-bond donors (Lipinski definition) is 0. The summed E-state index contributed by atoms with van der Waals surface area (Å²) in [6.45, 7) is 13.9. The van der Waals surface area contributed by atoms with E-state index < -0.39 is 0 Å². The number of benzene rings is 2. The Morgan fingerprint density at radius 3 is 1.53 bits per heavy atom. The lowest BCUT2D eigenvalue weighted by Gasteiger charge is -2.24. The maximum atomic E-state index is 12.3. The van der Waals surface area contributed by atoms with Crippen molar-refractivity contribution in [3.8, 4) is 0 Å². The maximum absolute atomic E-state index is 12.3. The molecule has 6 nitrogen and oxygen atoms in total. The lowest BCUT2D eigenvalue weighted by Crippen LogP contribution is -2.31. The largest absolute Gasteiger partial charge is 0.269 e. The summed E-state index contributed by atoms with van der Waals surface area (Å²) >= 11 is 0. The molecule has 4 rings (SSSR count). The molecule has 2 aliphatic rings. The normalized spacial score (nSPS) is 14.9. The highest BCUT2D eigenvalue weighted by molar-refractivity contribution is 6.29. The molecular weight excluding hydrogens is 452 g/mol. The minimum absolute atomic E-state index is 0.116. The number of rotatable bonds is 6. The van der Waals surface area contributed by atoms with Gasteiger partial charge in [-0.3, -0.25) is 19.2 Å². The van der Waals surface area contributed by atoms with Gasteiger partial charge in [-0.15, -0.1) is 0 Å². The van der Waals surface area contributed by atoms with Gasteiger partial charge in [-0.25, -0.2) is 9.80 Å². The molecule has 0 atom stereocenters. The fraction of sp³-hybridized carbons (Fsp3) is 0.333. The second-order valence-corrected chi connectivity index (χ2v) is 9.15. The topological polar surface area (TPSA) is 74.8 Å². The van der Waals surface area contributed by atoms with Crippen molar-refractivity contribution in [2.75, 3.05) is 9.80 Å². The smallest absolute Gasteiger partial charge is 0.258 e. The van der Waals surface area contributed by atoms with Crippen LogP contribution in [0.5, 0.6) is 0 Å². The monoisotopic (exact) mass is 486 g/mol. The summed E-state index contributed by atoms with van der Waals surface area (Å²) in [5.74, 6) is -1.15. The molecule has 0 aromatic heterocycles. The molecule has 36 heavy (non-hydrogen) atoms. The summed E-state index contributed by atoms with van der Waals surface area (Å²) in [5.41, 5.74) is 7.10. The van der Waals surface area contributed by atoms with E-state index in [0.717, 1.165) is 33.4 Å². The van der Waals surface area contributed by atoms with Crippen LogP contribution in [0.25, 0.3) is 0 Å². The van der Waals surface area contributed by atoms with Crippen molar-refractivity contribution in [2.45, 2.75) is 67.2 Å². The Morgan fingerprint density at radius 1 is 0.667 bits per heavy atom. The van der Waals surface area contributed by atoms with Crippen LogP contribution >= 0.6 is 0 Å². The van der Waals surface area contributed by atoms with Crippen molar-refractivity contribution in [3.05, 3.63) is 82.0 Å². The highest BCUT2D eigenvalue weighted by Gasteiger charge is 2.30. The average molecular weight is 487 g/mol. The second kappa shape index (κ2) is 10.9. The number of amides is 4. The first-order valence-corrected chi connectivity index (χ1v) is 12.5. The molecule has 0 aliphatic carbocycles. The third-order valence-electron chi connectivity index (χ3n) is 6.31. The number of carbonyl (C=O) groups excluding carboxylic acids is 4. The number of nitrogens with zero attached hydrogens (tertiary/aromatic N) is 2. The van der Waals surface area contributed by atoms with E-state index in [1.54, 1.807) is 0 Å². The molecule has 2 aromatic rings. The first-order valence-electron chi connectivity index (χ1n) is 12.5. The van der Waals surface area contributed by atoms with E-state index in [0.29, 0.717) is 24.2 Å². The van der Waals surface area contributed by atoms with Crippen LogP contribution in [0, 0.1) is 13.8 Å². The van der Waals surface area contributed by atoms with Crippen molar-refractivity contribution >= 4 is 35.0 Å². The second-order valence-electron chi connectivity index (χ2n) is 9.15. The van der Waals surface area contributed by atoms with Gasteiger partial charge in [0.1, 0.15) is 0 Å². The summed E-state index contributed by atoms with van der Waals surface area (Å²) in [4.78, 5) is 51.7. The quantitative estimate of drug-likeness (QED) is 0.508. The third kappa shape index (κ3) is 4.94. The van der Waals surface area contributed by atoms with Crippen LogP contribution in [-0.2, 0) is 32.0 Å². The first-order chi connectivity index (χ1) is 17.1. The molecule has 4 amide bonds. The SMILES string of the molecule is CC.CCc1cc(Cc2cc(C)c(N3C(=O)C=CC3=O)c(C(C)C)c2)cc(C)c1N1C(=O)C=CC1=O. The molecule has 2 heterocycles. The number of aryl methyl sites for hydroxylation is 3. The van der Waals surface area contributed by atoms with E-state index in [2.05, 4.69) is 12.1 Å². The Balaban J connectivity index is 0.00000176. The summed E-state index contributed by atoms with van der Waals surface area (Å²) in [6, 6.07) is 8.16. The Morgan fingerprint density at radius 2 is 1.08 bits per heavy atom. The minimum atomic E-state index is -0.318. The highest BCUT2D eigenvalue weighted by Crippen LogP contribution is 2.36. The molecular formula is C30H34N2O4. The zero-order chi connectivity index (χ0) is 26.7. The van der Waals surface area contributed by atoms with Crippen LogP contribution in [-0.4, -0.2) is 23.6 Å². The van der Waals surface area contributed by atoms with E-state index in [-0.39, 0.29) is 29.5 Å². The molecule has 0 radical (unpaired) electrons. The lowest BCUT2D eigenvalue weighted by atomic mass is 9.91. The average Bonchev–Trinajstić information content (AvgIpc) is 3.34. The fourth-order valence-corrected chi connectivity index (χ4v) is 4.83. The Kier molecular flexibility index (Phi) is 8.08. The van der Waals surface area contributed by atoms with Crippen LogP contribution in [0.4, 0.5) is 11.4 Å². The molecule has 6 heteroatoms. The van der Waals surface area contributed by atoms with Gasteiger partial charge in [0.2, 0.25) is 0 Å². The number of carbonyl (C=O) groups is 4. The molecule has 0 N–H and O–H groups in total. The van der Waals surface area contributed by atoms with Crippen LogP contribution in [0.3, 0.4) is 0 Å². The number of imide groups is 2. The Labute approximate surface area is 213 Å². The molecule has 0 unspecified atom stereocenters. The van der Waals surface area contributed by atoms with Crippen molar-refractivity contribution in [2.24, 2.45) is 0 Å². The van der Waals surface area contributed by atoms with Gasteiger partial charge in [0.05, 0.1) is 11.4 Å². The minimum Gasteiger partial charge on any atom is -0.269 e. The summed E-state index contributed by atoms with van der Waals surface area (Å²) in [6.07, 6.45) is 6.55. The summed E-state index contributed by atoms with van der Waals surface area (Å²) < 4.78 is 0. The van der Waals surface area contributed by atoms with Crippen LogP contribution in [0.2, 0.25) is 0 Å². The highest BCUT2D eigenvalue weighted by atomic mass is 16.2. The van der Waals surface area contributed by atoms with E-state index in [1.165, 1.54) is 34.1 Å². The Hall–Kier alpha value is -3.80. The van der Waals surface area contributed by atoms with Crippen LogP contribution in [0.1, 0.15) is 73.9 Å². The number of anilines is 2. The predicted molar refractivity (Wildman–Crippen MR) is 143 cm³/mol. The molecule has 0 saturated heterocycles. The van der Waals surface area contributed by atoms with E-state index in [9.17, 15) is 19.2 Å². The molecule has 0 fully saturated rings. The number of hydrogen-bond acceptors (Lipinski definition) is 4. The van der Waals surface area contributed by atoms with E-state index in [4.69, 9.17) is 0 Å². The molecule has 2 aliphatic heterocycles. The summed E-state index contributed by atoms with van der Waals surface area (Å²) in [7, 11) is 0. The van der Waals surface area contributed by atoms with Crippen molar-refractivity contribution in [1.82, 2.24) is 0 Å². The first kappa shape index (κ1) is 26.8. The third-order valence-corrected chi connectivity index (χ3v) is 6.31. The van der Waals surface area contributed by atoms with Gasteiger partial charge in [0.25, 0.3) is 23.6 Å². The van der Waals surface area contributed by atoms with Crippen LogP contribution in [0.15, 0.2) is 48.6 Å². The Bertz CT molecular complexity index is 1260. The summed E-state index contributed by atoms with van der Waals surface area (Å²) in [5, 5.41) is 0. The van der Waals surface area contributed by atoms with Gasteiger partial charge in [0, 0.05) is 24.3 Å². The molecule has 2 aromatic carbocycles. The lowest BCUT2D eigenvalue weighted by molar-refractivity contribution is -0.121. The standard InChI is InChI=1S/C28H28N2O4.C2H6/c1-6-21-14-19(11-17(4)27(21)29-23(31)7-8-24(29)32)13-20-12-18(5)28(22(15-20)16(2)3)30-25(33)9-10-26(30)34;1-2/h7-12,14-16H,6,13H2,1-5H3;1-2H3. The zero-order valence-corrected chi connectivity index (χ0v) is 22.1. The van der Waals surface area contributed by atoms with Crippen LogP contribution < -0.4 is 9.80 Å². The maximum Gasteiger partial charge on any atom is 0.258 e. The molecule has 188 valence electrons. The van der Waals surface area contributed by atoms with Gasteiger partial charge in [-0.05, 0) is 66.0 Å².